The fourth-order valence-electron chi connectivity index (χ4n) is 3.75. The summed E-state index contributed by atoms with van der Waals surface area (Å²) in [7, 11) is 1.37. The maximum absolute atomic E-state index is 14.4. The Morgan fingerprint density at radius 2 is 1.79 bits per heavy atom. The first-order valence-electron chi connectivity index (χ1n) is 10.6. The number of nitrogens with zero attached hydrogens (tertiary/aromatic N) is 3. The predicted octanol–water partition coefficient (Wildman–Crippen LogP) is 5.37. The molecule has 1 fully saturated rings. The van der Waals surface area contributed by atoms with Crippen LogP contribution in [0.25, 0.3) is 0 Å². The zero-order valence-electron chi connectivity index (χ0n) is 19.1. The Morgan fingerprint density at radius 3 is 2.33 bits per heavy atom. The minimum absolute atomic E-state index is 0.0118. The van der Waals surface area contributed by atoms with Gasteiger partial charge in [-0.1, -0.05) is 0 Å². The van der Waals surface area contributed by atoms with Crippen molar-refractivity contribution in [3.05, 3.63) is 42.5 Å². The fourth-order valence-corrected chi connectivity index (χ4v) is 3.75. The normalized spacial score (nSPS) is 14.8. The number of rotatable bonds is 6. The highest BCUT2D eigenvalue weighted by molar-refractivity contribution is 5.71. The summed E-state index contributed by atoms with van der Waals surface area (Å²) in [5.74, 6) is -0.589. The fraction of sp³-hybridized carbons (Fsp3) is 0.478. The quantitative estimate of drug-likeness (QED) is 0.569. The number of anilines is 2. The molecule has 1 aliphatic rings. The van der Waals surface area contributed by atoms with Crippen molar-refractivity contribution >= 4 is 17.5 Å². The van der Waals surface area contributed by atoms with Crippen molar-refractivity contribution < 1.29 is 32.2 Å². The van der Waals surface area contributed by atoms with Crippen molar-refractivity contribution in [1.82, 2.24) is 9.88 Å². The zero-order valence-corrected chi connectivity index (χ0v) is 19.1. The number of likely N-dealkylation sites (tertiary alicyclic amines) is 1. The second-order valence-corrected chi connectivity index (χ2v) is 8.61. The van der Waals surface area contributed by atoms with E-state index in [0.29, 0.717) is 37.3 Å². The molecule has 0 aliphatic carbocycles. The number of piperidine rings is 1. The summed E-state index contributed by atoms with van der Waals surface area (Å²) in [5.41, 5.74) is 0.427. The van der Waals surface area contributed by atoms with Crippen LogP contribution in [-0.2, 0) is 4.74 Å². The van der Waals surface area contributed by atoms with E-state index in [2.05, 4.69) is 9.72 Å². The Morgan fingerprint density at radius 1 is 1.15 bits per heavy atom. The molecule has 2 aromatic rings. The highest BCUT2D eigenvalue weighted by atomic mass is 19.3. The Hall–Kier alpha value is -3.17. The van der Waals surface area contributed by atoms with Crippen LogP contribution in [0.3, 0.4) is 0 Å². The van der Waals surface area contributed by atoms with Gasteiger partial charge in [0.1, 0.15) is 17.0 Å². The third-order valence-corrected chi connectivity index (χ3v) is 5.12. The number of aromatic nitrogens is 1. The molecule has 0 N–H and O–H groups in total. The van der Waals surface area contributed by atoms with Crippen molar-refractivity contribution in [2.45, 2.75) is 51.9 Å². The zero-order chi connectivity index (χ0) is 24.2. The first kappa shape index (κ1) is 24.5. The van der Waals surface area contributed by atoms with Gasteiger partial charge in [-0.3, -0.25) is 4.98 Å². The van der Waals surface area contributed by atoms with Crippen LogP contribution < -0.4 is 14.4 Å². The molecule has 33 heavy (non-hydrogen) atoms. The number of pyridine rings is 1. The lowest BCUT2D eigenvalue weighted by atomic mass is 10.0. The molecule has 2 heterocycles. The van der Waals surface area contributed by atoms with E-state index >= 15 is 0 Å². The number of carbonyl (C=O) groups excluding carboxylic acids is 1. The van der Waals surface area contributed by atoms with Crippen LogP contribution in [0.15, 0.2) is 36.7 Å². The largest absolute Gasteiger partial charge is 0.491 e. The molecular formula is C23H28F3N3O4. The molecule has 0 atom stereocenters. The molecule has 10 heteroatoms. The average molecular weight is 467 g/mol. The van der Waals surface area contributed by atoms with Gasteiger partial charge in [-0.15, -0.1) is 0 Å². The van der Waals surface area contributed by atoms with E-state index < -0.39 is 18.0 Å². The number of halogens is 3. The first-order valence-corrected chi connectivity index (χ1v) is 10.6. The summed E-state index contributed by atoms with van der Waals surface area (Å²) in [5, 5.41) is 0. The standard InChI is InChI=1S/C23H28F3N3O4/c1-23(2,3)33-22(30)28-11-9-16(10-12-28)29(19-14-27-13-18(24)20(19)31-4)15-5-7-17(8-6-15)32-21(25)26/h5-8,13-14,16,21H,9-12H2,1-4H3. The Balaban J connectivity index is 1.88. The first-order chi connectivity index (χ1) is 15.6. The van der Waals surface area contributed by atoms with Gasteiger partial charge in [-0.25, -0.2) is 9.18 Å². The molecule has 1 amide bonds. The molecule has 0 spiro atoms. The Kier molecular flexibility index (Phi) is 7.55. The highest BCUT2D eigenvalue weighted by Crippen LogP contribution is 2.39. The van der Waals surface area contributed by atoms with E-state index in [1.165, 1.54) is 25.4 Å². The molecule has 1 aromatic carbocycles. The van der Waals surface area contributed by atoms with E-state index in [1.807, 2.05) is 25.7 Å². The van der Waals surface area contributed by atoms with Crippen LogP contribution in [0.1, 0.15) is 33.6 Å². The van der Waals surface area contributed by atoms with Crippen molar-refractivity contribution in [2.24, 2.45) is 0 Å². The van der Waals surface area contributed by atoms with Gasteiger partial charge in [0.15, 0.2) is 11.6 Å². The molecule has 0 radical (unpaired) electrons. The maximum atomic E-state index is 14.4. The van der Waals surface area contributed by atoms with Crippen LogP contribution >= 0.6 is 0 Å². The van der Waals surface area contributed by atoms with Crippen LogP contribution in [-0.4, -0.2) is 54.4 Å². The summed E-state index contributed by atoms with van der Waals surface area (Å²) < 4.78 is 54.7. The second-order valence-electron chi connectivity index (χ2n) is 8.61. The van der Waals surface area contributed by atoms with E-state index in [1.54, 1.807) is 17.0 Å². The molecular weight excluding hydrogens is 439 g/mol. The number of ether oxygens (including phenoxy) is 3. The summed E-state index contributed by atoms with van der Waals surface area (Å²) in [6.07, 6.45) is 3.30. The second kappa shape index (κ2) is 10.2. The molecule has 1 aliphatic heterocycles. The van der Waals surface area contributed by atoms with Gasteiger partial charge in [-0.2, -0.15) is 8.78 Å². The Labute approximate surface area is 191 Å². The van der Waals surface area contributed by atoms with E-state index in [0.717, 1.165) is 6.20 Å². The third-order valence-electron chi connectivity index (χ3n) is 5.12. The number of methoxy groups -OCH3 is 1. The minimum Gasteiger partial charge on any atom is -0.491 e. The molecule has 0 saturated carbocycles. The smallest absolute Gasteiger partial charge is 0.410 e. The van der Waals surface area contributed by atoms with Gasteiger partial charge in [0.2, 0.25) is 0 Å². The lowest BCUT2D eigenvalue weighted by Gasteiger charge is -2.40. The number of hydrogen-bond acceptors (Lipinski definition) is 6. The number of hydrogen-bond donors (Lipinski definition) is 0. The monoisotopic (exact) mass is 467 g/mol. The average Bonchev–Trinajstić information content (AvgIpc) is 2.74. The van der Waals surface area contributed by atoms with Crippen LogP contribution in [0, 0.1) is 5.82 Å². The molecule has 0 bridgehead atoms. The molecule has 1 aromatic heterocycles. The summed E-state index contributed by atoms with van der Waals surface area (Å²) in [4.78, 5) is 19.9. The SMILES string of the molecule is COc1c(F)cncc1N(c1ccc(OC(F)F)cc1)C1CCN(C(=O)OC(C)(C)C)CC1. The molecule has 3 rings (SSSR count). The van der Waals surface area contributed by atoms with Gasteiger partial charge in [-0.05, 0) is 57.9 Å². The van der Waals surface area contributed by atoms with Crippen LogP contribution in [0.2, 0.25) is 0 Å². The molecule has 0 unspecified atom stereocenters. The molecule has 1 saturated heterocycles. The van der Waals surface area contributed by atoms with Crippen molar-refractivity contribution in [1.29, 1.82) is 0 Å². The lowest BCUT2D eigenvalue weighted by molar-refractivity contribution is -0.0498. The summed E-state index contributed by atoms with van der Waals surface area (Å²) >= 11 is 0. The van der Waals surface area contributed by atoms with Crippen molar-refractivity contribution in [2.75, 3.05) is 25.1 Å². The lowest BCUT2D eigenvalue weighted by Crippen LogP contribution is -2.47. The molecule has 7 nitrogen and oxygen atoms in total. The van der Waals surface area contributed by atoms with E-state index in [4.69, 9.17) is 9.47 Å². The van der Waals surface area contributed by atoms with E-state index in [9.17, 15) is 18.0 Å². The van der Waals surface area contributed by atoms with Gasteiger partial charge >= 0.3 is 12.7 Å². The summed E-state index contributed by atoms with van der Waals surface area (Å²) in [6.45, 7) is 3.37. The van der Waals surface area contributed by atoms with E-state index in [-0.39, 0.29) is 23.6 Å². The van der Waals surface area contributed by atoms with Gasteiger partial charge in [0.25, 0.3) is 0 Å². The van der Waals surface area contributed by atoms with Crippen molar-refractivity contribution in [3.63, 3.8) is 0 Å². The van der Waals surface area contributed by atoms with Crippen LogP contribution in [0.4, 0.5) is 29.3 Å². The number of alkyl halides is 2. The predicted molar refractivity (Wildman–Crippen MR) is 117 cm³/mol. The number of benzene rings is 1. The summed E-state index contributed by atoms with van der Waals surface area (Å²) in [6, 6.07) is 5.93. The molecule has 180 valence electrons. The van der Waals surface area contributed by atoms with Gasteiger partial charge < -0.3 is 24.0 Å². The number of carbonyl (C=O) groups is 1. The third kappa shape index (κ3) is 6.21. The minimum atomic E-state index is -2.93. The Bertz CT molecular complexity index is 943. The van der Waals surface area contributed by atoms with Crippen LogP contribution in [0.5, 0.6) is 11.5 Å². The topological polar surface area (TPSA) is 64.1 Å². The highest BCUT2D eigenvalue weighted by Gasteiger charge is 2.32. The van der Waals surface area contributed by atoms with Crippen molar-refractivity contribution in [3.8, 4) is 11.5 Å². The maximum Gasteiger partial charge on any atom is 0.410 e. The van der Waals surface area contributed by atoms with Gasteiger partial charge in [0.05, 0.1) is 19.5 Å². The van der Waals surface area contributed by atoms with Gasteiger partial charge in [0, 0.05) is 24.8 Å². The number of amides is 1.